The number of benzene rings is 2. The number of rotatable bonds is 9. The monoisotopic (exact) mass is 563 g/mol. The highest BCUT2D eigenvalue weighted by molar-refractivity contribution is 14.1. The summed E-state index contributed by atoms with van der Waals surface area (Å²) in [6.45, 7) is 0.0740. The maximum absolute atomic E-state index is 12.7. The first-order valence-corrected chi connectivity index (χ1v) is 10.9. The molecule has 1 atom stereocenters. The molecule has 172 valence electrons. The van der Waals surface area contributed by atoms with Crippen LogP contribution in [0.3, 0.4) is 0 Å². The third-order valence-corrected chi connectivity index (χ3v) is 5.28. The van der Waals surface area contributed by atoms with Gasteiger partial charge in [0.25, 0.3) is 5.91 Å². The van der Waals surface area contributed by atoms with Crippen LogP contribution >= 0.6 is 22.6 Å². The molecule has 3 aromatic rings. The van der Waals surface area contributed by atoms with E-state index in [9.17, 15) is 14.7 Å². The molecule has 1 aromatic heterocycles. The molecule has 0 unspecified atom stereocenters. The minimum atomic E-state index is -0.958. The number of carbonyl (C=O) groups is 2. The summed E-state index contributed by atoms with van der Waals surface area (Å²) in [6, 6.07) is 11.5. The molecule has 2 amide bonds. The summed E-state index contributed by atoms with van der Waals surface area (Å²) in [6.07, 6.45) is 3.87. The summed E-state index contributed by atoms with van der Waals surface area (Å²) in [5, 5.41) is 16.4. The number of aromatic amines is 1. The van der Waals surface area contributed by atoms with Crippen molar-refractivity contribution in [3.8, 4) is 11.5 Å². The SMILES string of the molecule is COc1cc(/C=N\NC(=O)[C@@H](Cc2cnc[nH]2)NC(=O)OCc2ccccc2)cc(I)c1O. The lowest BCUT2D eigenvalue weighted by atomic mass is 10.1. The lowest BCUT2D eigenvalue weighted by Crippen LogP contribution is -2.47. The van der Waals surface area contributed by atoms with Gasteiger partial charge in [-0.2, -0.15) is 5.10 Å². The van der Waals surface area contributed by atoms with Crippen LogP contribution in [0, 0.1) is 3.57 Å². The van der Waals surface area contributed by atoms with Gasteiger partial charge >= 0.3 is 6.09 Å². The van der Waals surface area contributed by atoms with Crippen molar-refractivity contribution in [3.05, 3.63) is 75.4 Å². The number of aromatic hydroxyl groups is 1. The molecule has 0 fully saturated rings. The van der Waals surface area contributed by atoms with Gasteiger partial charge in [0.15, 0.2) is 11.5 Å². The predicted octanol–water partition coefficient (Wildman–Crippen LogP) is 2.72. The van der Waals surface area contributed by atoms with Gasteiger partial charge in [0, 0.05) is 18.3 Å². The summed E-state index contributed by atoms with van der Waals surface area (Å²) in [7, 11) is 1.44. The normalized spacial score (nSPS) is 11.7. The summed E-state index contributed by atoms with van der Waals surface area (Å²) in [4.78, 5) is 31.8. The maximum Gasteiger partial charge on any atom is 0.408 e. The van der Waals surface area contributed by atoms with Crippen molar-refractivity contribution in [2.75, 3.05) is 7.11 Å². The van der Waals surface area contributed by atoms with Crippen LogP contribution in [0.15, 0.2) is 60.1 Å². The number of hydrogen-bond acceptors (Lipinski definition) is 7. The van der Waals surface area contributed by atoms with Crippen LogP contribution < -0.4 is 15.5 Å². The predicted molar refractivity (Wildman–Crippen MR) is 129 cm³/mol. The number of nitrogens with one attached hydrogen (secondary N) is 3. The van der Waals surface area contributed by atoms with E-state index >= 15 is 0 Å². The topological polar surface area (TPSA) is 138 Å². The van der Waals surface area contributed by atoms with Gasteiger partial charge in [0.2, 0.25) is 0 Å². The van der Waals surface area contributed by atoms with E-state index in [1.165, 1.54) is 19.7 Å². The van der Waals surface area contributed by atoms with E-state index in [2.05, 4.69) is 25.8 Å². The molecule has 0 radical (unpaired) electrons. The van der Waals surface area contributed by atoms with Crippen LogP contribution in [-0.2, 0) is 22.6 Å². The first kappa shape index (κ1) is 24.0. The largest absolute Gasteiger partial charge is 0.504 e. The van der Waals surface area contributed by atoms with Crippen molar-refractivity contribution in [2.24, 2.45) is 5.10 Å². The van der Waals surface area contributed by atoms with Gasteiger partial charge in [0.1, 0.15) is 12.6 Å². The van der Waals surface area contributed by atoms with Crippen LogP contribution in [-0.4, -0.2) is 46.4 Å². The molecule has 10 nitrogen and oxygen atoms in total. The van der Waals surface area contributed by atoms with E-state index in [-0.39, 0.29) is 24.5 Å². The zero-order valence-corrected chi connectivity index (χ0v) is 19.8. The average molecular weight is 563 g/mol. The third-order valence-electron chi connectivity index (χ3n) is 4.46. The van der Waals surface area contributed by atoms with E-state index in [4.69, 9.17) is 9.47 Å². The highest BCUT2D eigenvalue weighted by Gasteiger charge is 2.22. The molecule has 3 rings (SSSR count). The second kappa shape index (κ2) is 11.9. The Bertz CT molecular complexity index is 1110. The van der Waals surface area contributed by atoms with Crippen LogP contribution in [0.25, 0.3) is 0 Å². The number of phenols is 1. The molecular weight excluding hydrogens is 541 g/mol. The molecule has 2 aromatic carbocycles. The molecule has 1 heterocycles. The number of hydrazone groups is 1. The number of phenolic OH excluding ortho intramolecular Hbond substituents is 1. The van der Waals surface area contributed by atoms with Gasteiger partial charge in [-0.05, 0) is 45.9 Å². The second-order valence-electron chi connectivity index (χ2n) is 6.83. The fraction of sp³-hybridized carbons (Fsp3) is 0.182. The molecular formula is C22H22IN5O5. The van der Waals surface area contributed by atoms with Crippen molar-refractivity contribution < 1.29 is 24.2 Å². The van der Waals surface area contributed by atoms with Gasteiger partial charge in [-0.15, -0.1) is 0 Å². The number of H-pyrrole nitrogens is 1. The number of amides is 2. The molecule has 0 aliphatic rings. The van der Waals surface area contributed by atoms with Crippen molar-refractivity contribution in [3.63, 3.8) is 0 Å². The van der Waals surface area contributed by atoms with Crippen molar-refractivity contribution >= 4 is 40.8 Å². The lowest BCUT2D eigenvalue weighted by molar-refractivity contribution is -0.123. The third kappa shape index (κ3) is 7.20. The first-order valence-electron chi connectivity index (χ1n) is 9.80. The minimum Gasteiger partial charge on any atom is -0.504 e. The average Bonchev–Trinajstić information content (AvgIpc) is 3.33. The Kier molecular flexibility index (Phi) is 8.63. The zero-order valence-electron chi connectivity index (χ0n) is 17.6. The fourth-order valence-corrected chi connectivity index (χ4v) is 3.43. The van der Waals surface area contributed by atoms with E-state index in [0.717, 1.165) is 5.56 Å². The molecule has 0 aliphatic heterocycles. The smallest absolute Gasteiger partial charge is 0.408 e. The summed E-state index contributed by atoms with van der Waals surface area (Å²) in [5.41, 5.74) is 4.50. The van der Waals surface area contributed by atoms with Crippen LogP contribution in [0.2, 0.25) is 0 Å². The Labute approximate surface area is 203 Å². The standard InChI is InChI=1S/C22H22IN5O5/c1-32-19-8-15(7-17(23)20(19)29)10-26-28-21(30)18(9-16-11-24-13-25-16)27-22(31)33-12-14-5-3-2-4-6-14/h2-8,10-11,13,18,29H,9,12H2,1H3,(H,24,25)(H,27,31)(H,28,30)/b26-10-/t18-/m1/s1. The molecule has 0 saturated carbocycles. The number of halogens is 1. The lowest BCUT2D eigenvalue weighted by Gasteiger charge is -2.16. The van der Waals surface area contributed by atoms with E-state index in [1.54, 1.807) is 18.3 Å². The van der Waals surface area contributed by atoms with Crippen molar-refractivity contribution in [1.82, 2.24) is 20.7 Å². The molecule has 0 saturated heterocycles. The van der Waals surface area contributed by atoms with E-state index in [1.807, 2.05) is 52.9 Å². The summed E-state index contributed by atoms with van der Waals surface area (Å²) < 4.78 is 10.9. The Morgan fingerprint density at radius 2 is 2.09 bits per heavy atom. The van der Waals surface area contributed by atoms with Crippen molar-refractivity contribution in [2.45, 2.75) is 19.1 Å². The molecule has 33 heavy (non-hydrogen) atoms. The van der Waals surface area contributed by atoms with Gasteiger partial charge in [0.05, 0.1) is 23.2 Å². The van der Waals surface area contributed by atoms with E-state index < -0.39 is 18.0 Å². The van der Waals surface area contributed by atoms with Gasteiger partial charge in [-0.25, -0.2) is 15.2 Å². The quantitative estimate of drug-likeness (QED) is 0.180. The number of carbonyl (C=O) groups excluding carboxylic acids is 2. The molecule has 0 aliphatic carbocycles. The van der Waals surface area contributed by atoms with E-state index in [0.29, 0.717) is 14.8 Å². The van der Waals surface area contributed by atoms with Crippen LogP contribution in [0.5, 0.6) is 11.5 Å². The Morgan fingerprint density at radius 3 is 2.79 bits per heavy atom. The number of aromatic nitrogens is 2. The highest BCUT2D eigenvalue weighted by atomic mass is 127. The van der Waals surface area contributed by atoms with Gasteiger partial charge in [-0.3, -0.25) is 4.79 Å². The van der Waals surface area contributed by atoms with Crippen molar-refractivity contribution in [1.29, 1.82) is 0 Å². The first-order chi connectivity index (χ1) is 16.0. The van der Waals surface area contributed by atoms with Crippen LogP contribution in [0.4, 0.5) is 4.79 Å². The summed E-state index contributed by atoms with van der Waals surface area (Å²) in [5.74, 6) is -0.232. The maximum atomic E-state index is 12.7. The number of methoxy groups -OCH3 is 1. The minimum absolute atomic E-state index is 0.0251. The second-order valence-corrected chi connectivity index (χ2v) is 7.99. The highest BCUT2D eigenvalue weighted by Crippen LogP contribution is 2.31. The Hall–Kier alpha value is -3.61. The molecule has 0 spiro atoms. The van der Waals surface area contributed by atoms with Gasteiger partial charge in [-0.1, -0.05) is 30.3 Å². The summed E-state index contributed by atoms with van der Waals surface area (Å²) >= 11 is 1.96. The van der Waals surface area contributed by atoms with Crippen LogP contribution in [0.1, 0.15) is 16.8 Å². The van der Waals surface area contributed by atoms with Gasteiger partial charge < -0.3 is 24.9 Å². The number of nitrogens with zero attached hydrogens (tertiary/aromatic N) is 2. The Balaban J connectivity index is 1.63. The number of hydrogen-bond donors (Lipinski definition) is 4. The zero-order chi connectivity index (χ0) is 23.6. The fourth-order valence-electron chi connectivity index (χ4n) is 2.80. The Morgan fingerprint density at radius 1 is 1.30 bits per heavy atom. The number of alkyl carbamates (subject to hydrolysis) is 1. The number of imidazole rings is 1. The molecule has 0 bridgehead atoms. The number of ether oxygens (including phenoxy) is 2. The molecule has 4 N–H and O–H groups in total. The molecule has 11 heteroatoms.